The van der Waals surface area contributed by atoms with E-state index in [2.05, 4.69) is 14.8 Å². The average Bonchev–Trinajstić information content (AvgIpc) is 2.59. The highest BCUT2D eigenvalue weighted by atomic mass is 32.2. The molecule has 0 unspecified atom stereocenters. The number of nitrogen functional groups attached to an aromatic ring is 1. The third-order valence-electron chi connectivity index (χ3n) is 3.18. The van der Waals surface area contributed by atoms with Crippen molar-refractivity contribution in [3.63, 3.8) is 0 Å². The number of benzene rings is 1. The standard InChI is InChI=1S/C13H15FN4S/c14-9-6-10(15)8-11(7-9)19-13-17-16-12-4-2-1-3-5-18(12)13/h6-8H,1-5,15H2. The van der Waals surface area contributed by atoms with Crippen molar-refractivity contribution in [1.82, 2.24) is 14.8 Å². The van der Waals surface area contributed by atoms with E-state index in [0.717, 1.165) is 41.7 Å². The highest BCUT2D eigenvalue weighted by Gasteiger charge is 2.15. The molecule has 1 aromatic heterocycles. The molecule has 2 heterocycles. The Balaban J connectivity index is 1.89. The third kappa shape index (κ3) is 2.73. The van der Waals surface area contributed by atoms with Gasteiger partial charge in [-0.2, -0.15) is 0 Å². The average molecular weight is 278 g/mol. The second-order valence-corrected chi connectivity index (χ2v) is 5.72. The van der Waals surface area contributed by atoms with E-state index in [1.807, 2.05) is 0 Å². The zero-order valence-corrected chi connectivity index (χ0v) is 11.3. The van der Waals surface area contributed by atoms with Crippen LogP contribution in [0.25, 0.3) is 0 Å². The largest absolute Gasteiger partial charge is 0.399 e. The summed E-state index contributed by atoms with van der Waals surface area (Å²) in [7, 11) is 0. The summed E-state index contributed by atoms with van der Waals surface area (Å²) in [6, 6.07) is 4.54. The highest BCUT2D eigenvalue weighted by molar-refractivity contribution is 7.99. The van der Waals surface area contributed by atoms with E-state index in [1.165, 1.54) is 30.3 Å². The van der Waals surface area contributed by atoms with E-state index in [1.54, 1.807) is 6.07 Å². The summed E-state index contributed by atoms with van der Waals surface area (Å²) in [5.74, 6) is 0.711. The van der Waals surface area contributed by atoms with E-state index in [9.17, 15) is 4.39 Å². The quantitative estimate of drug-likeness (QED) is 0.858. The fourth-order valence-electron chi connectivity index (χ4n) is 2.28. The van der Waals surface area contributed by atoms with Crippen molar-refractivity contribution in [2.45, 2.75) is 42.3 Å². The van der Waals surface area contributed by atoms with Crippen molar-refractivity contribution in [1.29, 1.82) is 0 Å². The van der Waals surface area contributed by atoms with Gasteiger partial charge in [0, 0.05) is 23.5 Å². The molecule has 0 atom stereocenters. The highest BCUT2D eigenvalue weighted by Crippen LogP contribution is 2.30. The predicted molar refractivity (Wildman–Crippen MR) is 72.5 cm³/mol. The van der Waals surface area contributed by atoms with Gasteiger partial charge in [0.1, 0.15) is 11.6 Å². The summed E-state index contributed by atoms with van der Waals surface area (Å²) < 4.78 is 15.5. The van der Waals surface area contributed by atoms with Gasteiger partial charge in [-0.15, -0.1) is 10.2 Å². The number of aromatic nitrogens is 3. The van der Waals surface area contributed by atoms with Gasteiger partial charge in [0.15, 0.2) is 5.16 Å². The molecule has 0 bridgehead atoms. The molecule has 6 heteroatoms. The van der Waals surface area contributed by atoms with Gasteiger partial charge in [0.25, 0.3) is 0 Å². The number of halogens is 1. The molecule has 2 aromatic rings. The van der Waals surface area contributed by atoms with Gasteiger partial charge in [-0.25, -0.2) is 4.39 Å². The molecule has 0 saturated carbocycles. The minimum Gasteiger partial charge on any atom is -0.399 e. The maximum atomic E-state index is 13.3. The maximum absolute atomic E-state index is 13.3. The fourth-order valence-corrected chi connectivity index (χ4v) is 3.25. The number of nitrogens with zero attached hydrogens (tertiary/aromatic N) is 3. The van der Waals surface area contributed by atoms with Crippen molar-refractivity contribution in [3.05, 3.63) is 29.8 Å². The van der Waals surface area contributed by atoms with Gasteiger partial charge in [-0.05, 0) is 42.8 Å². The van der Waals surface area contributed by atoms with Crippen molar-refractivity contribution in [2.75, 3.05) is 5.73 Å². The molecule has 4 nitrogen and oxygen atoms in total. The molecule has 1 aromatic carbocycles. The lowest BCUT2D eigenvalue weighted by atomic mass is 10.2. The molecule has 0 fully saturated rings. The van der Waals surface area contributed by atoms with E-state index in [0.29, 0.717) is 5.69 Å². The molecule has 19 heavy (non-hydrogen) atoms. The zero-order valence-electron chi connectivity index (χ0n) is 10.5. The van der Waals surface area contributed by atoms with Crippen molar-refractivity contribution in [2.24, 2.45) is 0 Å². The minimum atomic E-state index is -0.321. The molecule has 1 aliphatic rings. The Labute approximate surface area is 115 Å². The Morgan fingerprint density at radius 3 is 2.89 bits per heavy atom. The molecule has 3 rings (SSSR count). The van der Waals surface area contributed by atoms with Gasteiger partial charge in [-0.3, -0.25) is 0 Å². The van der Waals surface area contributed by atoms with Crippen LogP contribution in [0.3, 0.4) is 0 Å². The monoisotopic (exact) mass is 278 g/mol. The van der Waals surface area contributed by atoms with Crippen LogP contribution in [-0.4, -0.2) is 14.8 Å². The SMILES string of the molecule is Nc1cc(F)cc(Sc2nnc3n2CCCCC3)c1. The number of aryl methyl sites for hydroxylation is 1. The first kappa shape index (κ1) is 12.5. The summed E-state index contributed by atoms with van der Waals surface area (Å²) in [4.78, 5) is 0.761. The molecule has 1 aliphatic heterocycles. The van der Waals surface area contributed by atoms with Gasteiger partial charge in [-0.1, -0.05) is 6.42 Å². The van der Waals surface area contributed by atoms with E-state index in [4.69, 9.17) is 5.73 Å². The molecular formula is C13H15FN4S. The number of nitrogens with two attached hydrogens (primary N) is 1. The topological polar surface area (TPSA) is 56.7 Å². The predicted octanol–water partition coefficient (Wildman–Crippen LogP) is 2.88. The van der Waals surface area contributed by atoms with Crippen LogP contribution in [0.5, 0.6) is 0 Å². The van der Waals surface area contributed by atoms with Crippen LogP contribution in [0, 0.1) is 5.82 Å². The van der Waals surface area contributed by atoms with Crippen LogP contribution < -0.4 is 5.73 Å². The Kier molecular flexibility index (Phi) is 3.42. The zero-order chi connectivity index (χ0) is 13.2. The lowest BCUT2D eigenvalue weighted by Gasteiger charge is -2.06. The molecular weight excluding hydrogens is 263 g/mol. The summed E-state index contributed by atoms with van der Waals surface area (Å²) in [5, 5.41) is 9.25. The van der Waals surface area contributed by atoms with Gasteiger partial charge in [0.05, 0.1) is 0 Å². The molecule has 0 amide bonds. The number of rotatable bonds is 2. The number of hydrogen-bond acceptors (Lipinski definition) is 4. The van der Waals surface area contributed by atoms with Crippen LogP contribution in [0.1, 0.15) is 25.1 Å². The van der Waals surface area contributed by atoms with Crippen molar-refractivity contribution in [3.8, 4) is 0 Å². The Morgan fingerprint density at radius 1 is 1.16 bits per heavy atom. The first-order chi connectivity index (χ1) is 9.22. The first-order valence-corrected chi connectivity index (χ1v) is 7.20. The molecule has 0 saturated heterocycles. The Morgan fingerprint density at radius 2 is 2.05 bits per heavy atom. The summed E-state index contributed by atoms with van der Waals surface area (Å²) in [5.41, 5.74) is 6.08. The maximum Gasteiger partial charge on any atom is 0.196 e. The van der Waals surface area contributed by atoms with E-state index < -0.39 is 0 Å². The second-order valence-electron chi connectivity index (χ2n) is 4.68. The number of anilines is 1. The van der Waals surface area contributed by atoms with Crippen molar-refractivity contribution >= 4 is 17.4 Å². The van der Waals surface area contributed by atoms with Crippen LogP contribution in [0.2, 0.25) is 0 Å². The molecule has 0 radical (unpaired) electrons. The third-order valence-corrected chi connectivity index (χ3v) is 4.13. The van der Waals surface area contributed by atoms with E-state index >= 15 is 0 Å². The molecule has 0 spiro atoms. The van der Waals surface area contributed by atoms with Crippen molar-refractivity contribution < 1.29 is 4.39 Å². The smallest absolute Gasteiger partial charge is 0.196 e. The van der Waals surface area contributed by atoms with Gasteiger partial charge >= 0.3 is 0 Å². The first-order valence-electron chi connectivity index (χ1n) is 6.38. The second kappa shape index (κ2) is 5.21. The molecule has 100 valence electrons. The summed E-state index contributed by atoms with van der Waals surface area (Å²) in [6.07, 6.45) is 4.50. The summed E-state index contributed by atoms with van der Waals surface area (Å²) >= 11 is 1.42. The number of fused-ring (bicyclic) bond motifs is 1. The minimum absolute atomic E-state index is 0.321. The molecule has 0 aliphatic carbocycles. The number of hydrogen-bond donors (Lipinski definition) is 1. The summed E-state index contributed by atoms with van der Waals surface area (Å²) in [6.45, 7) is 0.940. The molecule has 2 N–H and O–H groups in total. The van der Waals surface area contributed by atoms with Gasteiger partial charge < -0.3 is 10.3 Å². The van der Waals surface area contributed by atoms with Gasteiger partial charge in [0.2, 0.25) is 0 Å². The van der Waals surface area contributed by atoms with Crippen LogP contribution in [0.15, 0.2) is 28.3 Å². The Hall–Kier alpha value is -1.56. The fraction of sp³-hybridized carbons (Fsp3) is 0.385. The lowest BCUT2D eigenvalue weighted by Crippen LogP contribution is -2.02. The lowest BCUT2D eigenvalue weighted by molar-refractivity contribution is 0.590. The van der Waals surface area contributed by atoms with Crippen LogP contribution in [-0.2, 0) is 13.0 Å². The normalized spacial score (nSPS) is 15.0. The van der Waals surface area contributed by atoms with E-state index in [-0.39, 0.29) is 5.82 Å². The van der Waals surface area contributed by atoms with Crippen LogP contribution in [0.4, 0.5) is 10.1 Å². The van der Waals surface area contributed by atoms with Crippen LogP contribution >= 0.6 is 11.8 Å². The Bertz CT molecular complexity index is 576.